The third-order valence-corrected chi connectivity index (χ3v) is 3.94. The molecule has 85 valence electrons. The Hall–Kier alpha value is -0.890. The minimum Gasteiger partial charge on any atom is -0.205 e. The molecular formula is C14H16FS. The van der Waals surface area contributed by atoms with Crippen LogP contribution in [0.1, 0.15) is 30.6 Å². The molecule has 1 radical (unpaired) electrons. The van der Waals surface area contributed by atoms with Crippen LogP contribution in [-0.4, -0.2) is 0 Å². The van der Waals surface area contributed by atoms with Crippen LogP contribution < -0.4 is 0 Å². The van der Waals surface area contributed by atoms with Crippen molar-refractivity contribution in [2.24, 2.45) is 0 Å². The first-order valence-corrected chi connectivity index (χ1v) is 6.59. The maximum absolute atomic E-state index is 13.4. The average molecular weight is 235 g/mol. The van der Waals surface area contributed by atoms with Gasteiger partial charge in [0.1, 0.15) is 5.82 Å². The molecule has 0 N–H and O–H groups in total. The molecule has 0 saturated carbocycles. The summed E-state index contributed by atoms with van der Waals surface area (Å²) in [4.78, 5) is 1.30. The first-order chi connectivity index (χ1) is 7.81. The van der Waals surface area contributed by atoms with Crippen molar-refractivity contribution in [3.63, 3.8) is 0 Å². The molecule has 0 nitrogen and oxygen atoms in total. The van der Waals surface area contributed by atoms with E-state index < -0.39 is 0 Å². The number of hydrogen-bond donors (Lipinski definition) is 0. The van der Waals surface area contributed by atoms with Crippen LogP contribution >= 0.6 is 11.3 Å². The molecular weight excluding hydrogens is 219 g/mol. The van der Waals surface area contributed by atoms with Gasteiger partial charge in [0, 0.05) is 4.88 Å². The molecule has 0 unspecified atom stereocenters. The lowest BCUT2D eigenvalue weighted by atomic mass is 10.1. The molecule has 2 rings (SSSR count). The summed E-state index contributed by atoms with van der Waals surface area (Å²) in [6, 6.07) is 7.41. The predicted octanol–water partition coefficient (Wildman–Crippen LogP) is 4.98. The Kier molecular flexibility index (Phi) is 3.94. The summed E-state index contributed by atoms with van der Waals surface area (Å²) in [5, 5.41) is 1.04. The van der Waals surface area contributed by atoms with Crippen molar-refractivity contribution in [3.05, 3.63) is 41.9 Å². The fourth-order valence-electron chi connectivity index (χ4n) is 1.86. The Balaban J connectivity index is 2.05. The monoisotopic (exact) mass is 235 g/mol. The number of rotatable bonds is 5. The molecule has 0 saturated heterocycles. The van der Waals surface area contributed by atoms with Crippen LogP contribution in [0.3, 0.4) is 0 Å². The van der Waals surface area contributed by atoms with Gasteiger partial charge >= 0.3 is 0 Å². The van der Waals surface area contributed by atoms with Crippen LogP contribution in [0.4, 0.5) is 4.39 Å². The lowest BCUT2D eigenvalue weighted by Gasteiger charge is -1.96. The molecule has 0 aliphatic carbocycles. The second kappa shape index (κ2) is 5.44. The number of hydrogen-bond acceptors (Lipinski definition) is 1. The number of thiophene rings is 1. The third kappa shape index (κ3) is 2.62. The van der Waals surface area contributed by atoms with Crippen LogP contribution in [0.25, 0.3) is 10.1 Å². The molecule has 16 heavy (non-hydrogen) atoms. The van der Waals surface area contributed by atoms with E-state index in [9.17, 15) is 4.39 Å². The highest BCUT2D eigenvalue weighted by atomic mass is 32.1. The van der Waals surface area contributed by atoms with Gasteiger partial charge in [-0.25, -0.2) is 4.39 Å². The van der Waals surface area contributed by atoms with Crippen LogP contribution in [0, 0.1) is 12.7 Å². The lowest BCUT2D eigenvalue weighted by Crippen LogP contribution is -1.80. The number of aryl methyl sites for hydroxylation is 1. The number of fused-ring (bicyclic) bond motifs is 1. The molecule has 0 aliphatic rings. The Labute approximate surface area is 100 Å². The second-order valence-corrected chi connectivity index (χ2v) is 5.17. The maximum Gasteiger partial charge on any atom is 0.140 e. The third-order valence-electron chi connectivity index (χ3n) is 2.72. The SMILES string of the molecule is [CH2]CCCCCc1cc2cccc(F)c2s1. The maximum atomic E-state index is 13.4. The van der Waals surface area contributed by atoms with Gasteiger partial charge in [-0.2, -0.15) is 0 Å². The molecule has 0 atom stereocenters. The molecule has 0 amide bonds. The summed E-state index contributed by atoms with van der Waals surface area (Å²) in [6.07, 6.45) is 5.68. The van der Waals surface area contributed by atoms with E-state index in [-0.39, 0.29) is 5.82 Å². The van der Waals surface area contributed by atoms with Crippen molar-refractivity contribution in [1.82, 2.24) is 0 Å². The van der Waals surface area contributed by atoms with E-state index >= 15 is 0 Å². The molecule has 0 fully saturated rings. The van der Waals surface area contributed by atoms with Crippen molar-refractivity contribution < 1.29 is 4.39 Å². The van der Waals surface area contributed by atoms with Gasteiger partial charge in [0.05, 0.1) is 4.70 Å². The molecule has 2 heteroatoms. The summed E-state index contributed by atoms with van der Waals surface area (Å²) >= 11 is 1.59. The van der Waals surface area contributed by atoms with Crippen LogP contribution in [0.2, 0.25) is 0 Å². The minimum absolute atomic E-state index is 0.0912. The highest BCUT2D eigenvalue weighted by molar-refractivity contribution is 7.19. The molecule has 0 bridgehead atoms. The Bertz CT molecular complexity index is 459. The van der Waals surface area contributed by atoms with Gasteiger partial charge in [-0.3, -0.25) is 0 Å². The van der Waals surface area contributed by atoms with E-state index in [0.29, 0.717) is 0 Å². The van der Waals surface area contributed by atoms with Gasteiger partial charge in [0.25, 0.3) is 0 Å². The van der Waals surface area contributed by atoms with Crippen LogP contribution in [0.15, 0.2) is 24.3 Å². The largest absolute Gasteiger partial charge is 0.205 e. The van der Waals surface area contributed by atoms with Gasteiger partial charge in [-0.1, -0.05) is 38.3 Å². The minimum atomic E-state index is -0.0912. The van der Waals surface area contributed by atoms with E-state index in [4.69, 9.17) is 0 Å². The summed E-state index contributed by atoms with van der Waals surface area (Å²) in [6.45, 7) is 3.83. The van der Waals surface area contributed by atoms with Crippen LogP contribution in [-0.2, 0) is 6.42 Å². The molecule has 2 aromatic rings. The van der Waals surface area contributed by atoms with Crippen molar-refractivity contribution in [2.45, 2.75) is 32.1 Å². The predicted molar refractivity (Wildman–Crippen MR) is 69.3 cm³/mol. The molecule has 0 spiro atoms. The summed E-state index contributed by atoms with van der Waals surface area (Å²) in [5.41, 5.74) is 0. The van der Waals surface area contributed by atoms with E-state index in [2.05, 4.69) is 13.0 Å². The van der Waals surface area contributed by atoms with Crippen molar-refractivity contribution >= 4 is 21.4 Å². The molecule has 1 aromatic carbocycles. The zero-order chi connectivity index (χ0) is 11.4. The van der Waals surface area contributed by atoms with Crippen molar-refractivity contribution in [3.8, 4) is 0 Å². The second-order valence-electron chi connectivity index (χ2n) is 4.04. The Morgan fingerprint density at radius 2 is 2.06 bits per heavy atom. The van der Waals surface area contributed by atoms with E-state index in [1.807, 2.05) is 6.07 Å². The highest BCUT2D eigenvalue weighted by Crippen LogP contribution is 2.28. The van der Waals surface area contributed by atoms with Gasteiger partial charge in [0.2, 0.25) is 0 Å². The zero-order valence-corrected chi connectivity index (χ0v) is 10.2. The van der Waals surface area contributed by atoms with E-state index in [0.717, 1.165) is 22.9 Å². The quantitative estimate of drug-likeness (QED) is 0.641. The normalized spacial score (nSPS) is 11.1. The average Bonchev–Trinajstić information content (AvgIpc) is 2.69. The standard InChI is InChI=1S/C14H16FS/c1-2-3-4-5-8-12-10-11-7-6-9-13(15)14(11)16-12/h6-7,9-10H,1-5,8H2. The smallest absolute Gasteiger partial charge is 0.140 e. The van der Waals surface area contributed by atoms with Gasteiger partial charge in [0.15, 0.2) is 0 Å². The summed E-state index contributed by atoms with van der Waals surface area (Å²) < 4.78 is 14.2. The van der Waals surface area contributed by atoms with Gasteiger partial charge < -0.3 is 0 Å². The number of benzene rings is 1. The Morgan fingerprint density at radius 3 is 2.81 bits per heavy atom. The fourth-order valence-corrected chi connectivity index (χ4v) is 2.96. The first kappa shape index (κ1) is 11.6. The lowest BCUT2D eigenvalue weighted by molar-refractivity contribution is 0.642. The Morgan fingerprint density at radius 1 is 1.19 bits per heavy atom. The van der Waals surface area contributed by atoms with Gasteiger partial charge in [-0.05, 0) is 30.4 Å². The molecule has 1 aromatic heterocycles. The fraction of sp³-hybridized carbons (Fsp3) is 0.357. The summed E-state index contributed by atoms with van der Waals surface area (Å²) in [5.74, 6) is -0.0912. The van der Waals surface area contributed by atoms with Crippen LogP contribution in [0.5, 0.6) is 0 Å². The number of unbranched alkanes of at least 4 members (excludes halogenated alkanes) is 3. The van der Waals surface area contributed by atoms with E-state index in [1.165, 1.54) is 30.2 Å². The topological polar surface area (TPSA) is 0 Å². The molecule has 1 heterocycles. The molecule has 0 aliphatic heterocycles. The van der Waals surface area contributed by atoms with Crippen molar-refractivity contribution in [2.75, 3.05) is 0 Å². The highest BCUT2D eigenvalue weighted by Gasteiger charge is 2.05. The first-order valence-electron chi connectivity index (χ1n) is 5.77. The zero-order valence-electron chi connectivity index (χ0n) is 9.34. The van der Waals surface area contributed by atoms with Crippen molar-refractivity contribution in [1.29, 1.82) is 0 Å². The summed E-state index contributed by atoms with van der Waals surface area (Å²) in [7, 11) is 0. The number of halogens is 1. The van der Waals surface area contributed by atoms with Gasteiger partial charge in [-0.15, -0.1) is 11.3 Å². The van der Waals surface area contributed by atoms with E-state index in [1.54, 1.807) is 17.4 Å².